The zero-order valence-electron chi connectivity index (χ0n) is 10.2. The van der Waals surface area contributed by atoms with E-state index in [2.05, 4.69) is 24.2 Å². The molecule has 1 rings (SSSR count). The lowest BCUT2D eigenvalue weighted by molar-refractivity contribution is -0.132. The van der Waals surface area contributed by atoms with Crippen molar-refractivity contribution in [3.05, 3.63) is 0 Å². The van der Waals surface area contributed by atoms with Crippen molar-refractivity contribution in [2.45, 2.75) is 45.3 Å². The fraction of sp³-hybridized carbons (Fsp3) is 0.909. The summed E-state index contributed by atoms with van der Waals surface area (Å²) in [6.45, 7) is 7.35. The van der Waals surface area contributed by atoms with Gasteiger partial charge in [-0.25, -0.2) is 5.84 Å². The molecule has 0 saturated carbocycles. The van der Waals surface area contributed by atoms with Gasteiger partial charge in [0.15, 0.2) is 0 Å². The van der Waals surface area contributed by atoms with E-state index in [1.54, 1.807) is 0 Å². The minimum absolute atomic E-state index is 0.175. The molecule has 1 aliphatic heterocycles. The second-order valence-electron chi connectivity index (χ2n) is 4.23. The summed E-state index contributed by atoms with van der Waals surface area (Å²) in [6.07, 6.45) is 2.69. The fourth-order valence-corrected chi connectivity index (χ4v) is 2.11. The Balaban J connectivity index is 2.32. The van der Waals surface area contributed by atoms with E-state index in [1.165, 1.54) is 0 Å². The zero-order chi connectivity index (χ0) is 12.0. The molecule has 0 aromatic carbocycles. The highest BCUT2D eigenvalue weighted by Crippen LogP contribution is 2.20. The summed E-state index contributed by atoms with van der Waals surface area (Å²) in [6, 6.07) is 0. The number of likely N-dealkylation sites (N-methyl/N-ethyl adjacent to an activating group) is 1. The van der Waals surface area contributed by atoms with E-state index in [9.17, 15) is 4.79 Å². The lowest BCUT2D eigenvalue weighted by Crippen LogP contribution is -2.40. The van der Waals surface area contributed by atoms with Gasteiger partial charge in [0, 0.05) is 6.54 Å². The van der Waals surface area contributed by atoms with Crippen LogP contribution in [0.5, 0.6) is 0 Å². The molecule has 1 aliphatic rings. The number of hydrogen-bond donors (Lipinski definition) is 2. The van der Waals surface area contributed by atoms with E-state index in [1.807, 2.05) is 0 Å². The maximum atomic E-state index is 11.3. The third-order valence-corrected chi connectivity index (χ3v) is 2.99. The fourth-order valence-electron chi connectivity index (χ4n) is 2.11. The molecule has 0 aromatic rings. The van der Waals surface area contributed by atoms with Gasteiger partial charge in [-0.1, -0.05) is 13.8 Å². The summed E-state index contributed by atoms with van der Waals surface area (Å²) in [7, 11) is 0. The average Bonchev–Trinajstić information content (AvgIpc) is 2.76. The largest absolute Gasteiger partial charge is 0.364 e. The van der Waals surface area contributed by atoms with Crippen LogP contribution in [0, 0.1) is 0 Å². The van der Waals surface area contributed by atoms with Crippen LogP contribution in [0.15, 0.2) is 0 Å². The molecule has 16 heavy (non-hydrogen) atoms. The molecule has 0 spiro atoms. The average molecular weight is 229 g/mol. The second kappa shape index (κ2) is 6.83. The van der Waals surface area contributed by atoms with Crippen molar-refractivity contribution >= 4 is 5.91 Å². The van der Waals surface area contributed by atoms with Crippen LogP contribution in [-0.2, 0) is 9.53 Å². The Labute approximate surface area is 97.3 Å². The van der Waals surface area contributed by atoms with Crippen LogP contribution in [0.4, 0.5) is 0 Å². The molecule has 1 saturated heterocycles. The summed E-state index contributed by atoms with van der Waals surface area (Å²) >= 11 is 0. The van der Waals surface area contributed by atoms with Crippen LogP contribution in [-0.4, -0.2) is 42.6 Å². The minimum atomic E-state index is -0.352. The highest BCUT2D eigenvalue weighted by Gasteiger charge is 2.30. The first-order chi connectivity index (χ1) is 7.71. The molecular weight excluding hydrogens is 206 g/mol. The lowest BCUT2D eigenvalue weighted by Gasteiger charge is -2.23. The quantitative estimate of drug-likeness (QED) is 0.389. The first-order valence-electron chi connectivity index (χ1n) is 6.09. The molecule has 2 unspecified atom stereocenters. The molecule has 3 N–H and O–H groups in total. The second-order valence-corrected chi connectivity index (χ2v) is 4.23. The van der Waals surface area contributed by atoms with Crippen LogP contribution in [0.1, 0.15) is 33.1 Å². The molecular formula is C11H23N3O2. The molecule has 0 bridgehead atoms. The summed E-state index contributed by atoms with van der Waals surface area (Å²) in [5, 5.41) is 0. The predicted octanol–water partition coefficient (Wildman–Crippen LogP) is 0.256. The Hall–Kier alpha value is -0.650. The van der Waals surface area contributed by atoms with Gasteiger partial charge >= 0.3 is 0 Å². The van der Waals surface area contributed by atoms with Gasteiger partial charge in [-0.2, -0.15) is 0 Å². The van der Waals surface area contributed by atoms with E-state index in [0.717, 1.165) is 38.9 Å². The highest BCUT2D eigenvalue weighted by atomic mass is 16.5. The number of hydrazine groups is 1. The van der Waals surface area contributed by atoms with Gasteiger partial charge in [-0.15, -0.1) is 0 Å². The van der Waals surface area contributed by atoms with Gasteiger partial charge in [-0.05, 0) is 32.4 Å². The van der Waals surface area contributed by atoms with Crippen LogP contribution >= 0.6 is 0 Å². The van der Waals surface area contributed by atoms with Gasteiger partial charge in [0.1, 0.15) is 6.10 Å². The third-order valence-electron chi connectivity index (χ3n) is 2.99. The number of carbonyl (C=O) groups is 1. The number of hydrogen-bond acceptors (Lipinski definition) is 4. The summed E-state index contributed by atoms with van der Waals surface area (Å²) in [5.74, 6) is 4.88. The van der Waals surface area contributed by atoms with Crippen molar-refractivity contribution < 1.29 is 9.53 Å². The summed E-state index contributed by atoms with van der Waals surface area (Å²) in [5.41, 5.74) is 2.14. The molecule has 5 nitrogen and oxygen atoms in total. The molecule has 2 atom stereocenters. The summed E-state index contributed by atoms with van der Waals surface area (Å²) < 4.78 is 5.66. The van der Waals surface area contributed by atoms with Gasteiger partial charge in [0.05, 0.1) is 6.10 Å². The van der Waals surface area contributed by atoms with Crippen LogP contribution in [0.3, 0.4) is 0 Å². The maximum Gasteiger partial charge on any atom is 0.263 e. The molecule has 1 amide bonds. The van der Waals surface area contributed by atoms with Crippen LogP contribution in [0.2, 0.25) is 0 Å². The number of nitrogens with two attached hydrogens (primary N) is 1. The molecule has 1 fully saturated rings. The number of rotatable bonds is 6. The number of carbonyl (C=O) groups excluding carboxylic acids is 1. The Morgan fingerprint density at radius 1 is 1.50 bits per heavy atom. The number of amides is 1. The smallest absolute Gasteiger partial charge is 0.263 e. The van der Waals surface area contributed by atoms with Crippen molar-refractivity contribution in [3.8, 4) is 0 Å². The first-order valence-corrected chi connectivity index (χ1v) is 6.09. The first kappa shape index (κ1) is 13.4. The lowest BCUT2D eigenvalue weighted by atomic mass is 10.2. The number of ether oxygens (including phenoxy) is 1. The van der Waals surface area contributed by atoms with Gasteiger partial charge in [0.2, 0.25) is 0 Å². The standard InChI is InChI=1S/C11H23N3O2/c1-3-7-14(4-2)8-9-5-6-10(16-9)11(15)13-12/h9-10H,3-8,12H2,1-2H3,(H,13,15). The predicted molar refractivity (Wildman–Crippen MR) is 62.6 cm³/mol. The van der Waals surface area contributed by atoms with Crippen molar-refractivity contribution in [2.24, 2.45) is 5.84 Å². The maximum absolute atomic E-state index is 11.3. The van der Waals surface area contributed by atoms with Crippen molar-refractivity contribution in [3.63, 3.8) is 0 Å². The normalized spacial score (nSPS) is 25.0. The van der Waals surface area contributed by atoms with Crippen LogP contribution in [0.25, 0.3) is 0 Å². The topological polar surface area (TPSA) is 67.6 Å². The minimum Gasteiger partial charge on any atom is -0.364 e. The Morgan fingerprint density at radius 3 is 2.81 bits per heavy atom. The third kappa shape index (κ3) is 3.73. The molecule has 5 heteroatoms. The highest BCUT2D eigenvalue weighted by molar-refractivity contribution is 5.80. The summed E-state index contributed by atoms with van der Waals surface area (Å²) in [4.78, 5) is 13.6. The van der Waals surface area contributed by atoms with E-state index in [0.29, 0.717) is 0 Å². The van der Waals surface area contributed by atoms with E-state index in [-0.39, 0.29) is 18.1 Å². The van der Waals surface area contributed by atoms with Gasteiger partial charge in [-0.3, -0.25) is 10.2 Å². The van der Waals surface area contributed by atoms with Crippen molar-refractivity contribution in [1.82, 2.24) is 10.3 Å². The SMILES string of the molecule is CCCN(CC)CC1CCC(C(=O)NN)O1. The molecule has 0 aliphatic carbocycles. The number of nitrogens with one attached hydrogen (secondary N) is 1. The Kier molecular flexibility index (Phi) is 5.73. The van der Waals surface area contributed by atoms with Gasteiger partial charge in [0.25, 0.3) is 5.91 Å². The van der Waals surface area contributed by atoms with E-state index < -0.39 is 0 Å². The zero-order valence-corrected chi connectivity index (χ0v) is 10.2. The number of nitrogens with zero attached hydrogens (tertiary/aromatic N) is 1. The van der Waals surface area contributed by atoms with Crippen molar-refractivity contribution in [1.29, 1.82) is 0 Å². The molecule has 0 radical (unpaired) electrons. The molecule has 1 heterocycles. The Morgan fingerprint density at radius 2 is 2.25 bits per heavy atom. The van der Waals surface area contributed by atoms with Gasteiger partial charge < -0.3 is 9.64 Å². The molecule has 0 aromatic heterocycles. The molecule has 94 valence electrons. The van der Waals surface area contributed by atoms with Crippen LogP contribution < -0.4 is 11.3 Å². The monoisotopic (exact) mass is 229 g/mol. The Bertz CT molecular complexity index is 223. The van der Waals surface area contributed by atoms with E-state index in [4.69, 9.17) is 10.6 Å². The van der Waals surface area contributed by atoms with Crippen molar-refractivity contribution in [2.75, 3.05) is 19.6 Å². The van der Waals surface area contributed by atoms with E-state index >= 15 is 0 Å².